The second kappa shape index (κ2) is 8.36. The van der Waals surface area contributed by atoms with E-state index in [-0.39, 0.29) is 36.1 Å². The van der Waals surface area contributed by atoms with Gasteiger partial charge in [0.2, 0.25) is 0 Å². The minimum absolute atomic E-state index is 0.0470. The van der Waals surface area contributed by atoms with Crippen molar-refractivity contribution in [1.82, 2.24) is 9.88 Å². The molecular formula is C25H18N2O4S. The SMILES string of the molecule is O=C(OCc1nc2ccccc2s1)c1ccc2c(c1)C(=O)N(CCc1ccccc1)C2=O. The topological polar surface area (TPSA) is 76.6 Å². The highest BCUT2D eigenvalue weighted by Crippen LogP contribution is 2.26. The number of amides is 2. The molecule has 32 heavy (non-hydrogen) atoms. The standard InChI is InChI=1S/C25H18N2O4S/c28-23-18-11-10-17(25(30)31-15-22-26-20-8-4-5-9-21(20)32-22)14-19(18)24(29)27(23)13-12-16-6-2-1-3-7-16/h1-11,14H,12-13,15H2. The number of ether oxygens (including phenoxy) is 1. The minimum Gasteiger partial charge on any atom is -0.455 e. The van der Waals surface area contributed by atoms with Crippen LogP contribution < -0.4 is 0 Å². The fraction of sp³-hybridized carbons (Fsp3) is 0.120. The molecule has 0 spiro atoms. The molecule has 0 atom stereocenters. The molecule has 1 aliphatic rings. The second-order valence-corrected chi connectivity index (χ2v) is 8.52. The van der Waals surface area contributed by atoms with Crippen LogP contribution in [0, 0.1) is 0 Å². The van der Waals surface area contributed by atoms with Gasteiger partial charge in [-0.05, 0) is 42.3 Å². The van der Waals surface area contributed by atoms with Gasteiger partial charge in [0.05, 0.1) is 26.9 Å². The van der Waals surface area contributed by atoms with Crippen molar-refractivity contribution in [3.05, 3.63) is 100 Å². The Bertz CT molecular complexity index is 1310. The predicted octanol–water partition coefficient (Wildman–Crippen LogP) is 4.49. The molecule has 5 rings (SSSR count). The smallest absolute Gasteiger partial charge is 0.338 e. The third kappa shape index (κ3) is 3.78. The van der Waals surface area contributed by atoms with Gasteiger partial charge < -0.3 is 4.74 Å². The number of hydrogen-bond acceptors (Lipinski definition) is 6. The van der Waals surface area contributed by atoms with Gasteiger partial charge in [-0.3, -0.25) is 14.5 Å². The van der Waals surface area contributed by atoms with Crippen LogP contribution in [0.5, 0.6) is 0 Å². The quantitative estimate of drug-likeness (QED) is 0.325. The normalized spacial score (nSPS) is 12.9. The van der Waals surface area contributed by atoms with Crippen molar-refractivity contribution in [2.24, 2.45) is 0 Å². The molecule has 0 radical (unpaired) electrons. The molecule has 0 N–H and O–H groups in total. The van der Waals surface area contributed by atoms with Gasteiger partial charge in [-0.1, -0.05) is 42.5 Å². The summed E-state index contributed by atoms with van der Waals surface area (Å²) in [7, 11) is 0. The fourth-order valence-electron chi connectivity index (χ4n) is 3.70. The molecule has 4 aromatic rings. The maximum Gasteiger partial charge on any atom is 0.338 e. The van der Waals surface area contributed by atoms with Gasteiger partial charge >= 0.3 is 5.97 Å². The summed E-state index contributed by atoms with van der Waals surface area (Å²) in [6, 6.07) is 21.9. The van der Waals surface area contributed by atoms with Gasteiger partial charge in [0.15, 0.2) is 0 Å². The van der Waals surface area contributed by atoms with Crippen molar-refractivity contribution >= 4 is 39.3 Å². The van der Waals surface area contributed by atoms with Crippen LogP contribution in [0.4, 0.5) is 0 Å². The van der Waals surface area contributed by atoms with Crippen molar-refractivity contribution in [2.45, 2.75) is 13.0 Å². The van der Waals surface area contributed by atoms with Crippen LogP contribution in [0.2, 0.25) is 0 Å². The van der Waals surface area contributed by atoms with Gasteiger partial charge in [-0.2, -0.15) is 0 Å². The molecule has 0 unspecified atom stereocenters. The van der Waals surface area contributed by atoms with Crippen LogP contribution in [0.15, 0.2) is 72.8 Å². The van der Waals surface area contributed by atoms with E-state index in [1.165, 1.54) is 34.4 Å². The number of nitrogens with zero attached hydrogens (tertiary/aromatic N) is 2. The number of esters is 1. The van der Waals surface area contributed by atoms with Crippen LogP contribution in [0.25, 0.3) is 10.2 Å². The zero-order valence-electron chi connectivity index (χ0n) is 17.0. The van der Waals surface area contributed by atoms with Gasteiger partial charge in [-0.25, -0.2) is 9.78 Å². The van der Waals surface area contributed by atoms with E-state index in [9.17, 15) is 14.4 Å². The molecule has 2 heterocycles. The number of thiazole rings is 1. The van der Waals surface area contributed by atoms with E-state index in [0.717, 1.165) is 15.8 Å². The number of carbonyl (C=O) groups excluding carboxylic acids is 3. The molecule has 158 valence electrons. The monoisotopic (exact) mass is 442 g/mol. The first-order valence-corrected chi connectivity index (χ1v) is 11.0. The summed E-state index contributed by atoms with van der Waals surface area (Å²) in [5.74, 6) is -1.29. The number of hydrogen-bond donors (Lipinski definition) is 0. The van der Waals surface area contributed by atoms with Crippen molar-refractivity contribution < 1.29 is 19.1 Å². The lowest BCUT2D eigenvalue weighted by molar-refractivity contribution is 0.0472. The van der Waals surface area contributed by atoms with Crippen molar-refractivity contribution in [3.8, 4) is 0 Å². The van der Waals surface area contributed by atoms with E-state index in [0.29, 0.717) is 17.0 Å². The summed E-state index contributed by atoms with van der Waals surface area (Å²) >= 11 is 1.47. The van der Waals surface area contributed by atoms with Gasteiger partial charge in [-0.15, -0.1) is 11.3 Å². The lowest BCUT2D eigenvalue weighted by Gasteiger charge is -2.13. The number of carbonyl (C=O) groups is 3. The zero-order valence-corrected chi connectivity index (χ0v) is 17.8. The fourth-order valence-corrected chi connectivity index (χ4v) is 4.58. The maximum atomic E-state index is 12.8. The molecule has 1 aromatic heterocycles. The summed E-state index contributed by atoms with van der Waals surface area (Å²) in [6.45, 7) is 0.332. The summed E-state index contributed by atoms with van der Waals surface area (Å²) in [5, 5.41) is 0.694. The Balaban J connectivity index is 1.27. The van der Waals surface area contributed by atoms with E-state index < -0.39 is 5.97 Å². The Kier molecular flexibility index (Phi) is 5.25. The lowest BCUT2D eigenvalue weighted by Crippen LogP contribution is -2.31. The molecule has 3 aromatic carbocycles. The molecule has 0 saturated heterocycles. The van der Waals surface area contributed by atoms with Crippen LogP contribution in [0.1, 0.15) is 41.6 Å². The Morgan fingerprint density at radius 1 is 0.906 bits per heavy atom. The first-order valence-electron chi connectivity index (χ1n) is 10.2. The van der Waals surface area contributed by atoms with E-state index in [1.54, 1.807) is 0 Å². The highest BCUT2D eigenvalue weighted by atomic mass is 32.1. The number of aromatic nitrogens is 1. The average Bonchev–Trinajstić information content (AvgIpc) is 3.35. The Hall–Kier alpha value is -3.84. The molecule has 7 heteroatoms. The molecule has 1 aliphatic heterocycles. The van der Waals surface area contributed by atoms with Crippen molar-refractivity contribution in [1.29, 1.82) is 0 Å². The van der Waals surface area contributed by atoms with Crippen molar-refractivity contribution in [3.63, 3.8) is 0 Å². The van der Waals surface area contributed by atoms with Crippen LogP contribution in [0.3, 0.4) is 0 Å². The maximum absolute atomic E-state index is 12.8. The Labute approximate surface area is 188 Å². The predicted molar refractivity (Wildman–Crippen MR) is 121 cm³/mol. The minimum atomic E-state index is -0.560. The summed E-state index contributed by atoms with van der Waals surface area (Å²) in [5.41, 5.74) is 2.68. The lowest BCUT2D eigenvalue weighted by atomic mass is 10.1. The van der Waals surface area contributed by atoms with E-state index >= 15 is 0 Å². The first kappa shape index (κ1) is 20.1. The highest BCUT2D eigenvalue weighted by molar-refractivity contribution is 7.18. The Morgan fingerprint density at radius 3 is 2.47 bits per heavy atom. The highest BCUT2D eigenvalue weighted by Gasteiger charge is 2.35. The van der Waals surface area contributed by atoms with Gasteiger partial charge in [0.1, 0.15) is 11.6 Å². The zero-order chi connectivity index (χ0) is 22.1. The number of para-hydroxylation sites is 1. The van der Waals surface area contributed by atoms with E-state index in [2.05, 4.69) is 4.98 Å². The van der Waals surface area contributed by atoms with Crippen LogP contribution >= 0.6 is 11.3 Å². The molecule has 0 fully saturated rings. The molecule has 2 amide bonds. The van der Waals surface area contributed by atoms with Gasteiger partial charge in [0.25, 0.3) is 11.8 Å². The molecule has 0 bridgehead atoms. The van der Waals surface area contributed by atoms with E-state index in [4.69, 9.17) is 4.74 Å². The average molecular weight is 442 g/mol. The first-order chi connectivity index (χ1) is 15.6. The van der Waals surface area contributed by atoms with Gasteiger partial charge in [0, 0.05) is 6.54 Å². The Morgan fingerprint density at radius 2 is 1.66 bits per heavy atom. The van der Waals surface area contributed by atoms with E-state index in [1.807, 2.05) is 54.6 Å². The summed E-state index contributed by atoms with van der Waals surface area (Å²) in [4.78, 5) is 43.8. The molecule has 0 aliphatic carbocycles. The van der Waals surface area contributed by atoms with Crippen molar-refractivity contribution in [2.75, 3.05) is 6.54 Å². The number of imide groups is 1. The van der Waals surface area contributed by atoms with Crippen LogP contribution in [-0.4, -0.2) is 34.2 Å². The number of rotatable bonds is 6. The number of fused-ring (bicyclic) bond motifs is 2. The third-order valence-corrected chi connectivity index (χ3v) is 6.35. The molecule has 6 nitrogen and oxygen atoms in total. The summed E-state index contributed by atoms with van der Waals surface area (Å²) in [6.07, 6.45) is 0.573. The number of benzene rings is 3. The molecule has 0 saturated carbocycles. The largest absolute Gasteiger partial charge is 0.455 e. The van der Waals surface area contributed by atoms with Crippen LogP contribution in [-0.2, 0) is 17.8 Å². The third-order valence-electron chi connectivity index (χ3n) is 5.34. The second-order valence-electron chi connectivity index (χ2n) is 7.41. The summed E-state index contributed by atoms with van der Waals surface area (Å²) < 4.78 is 6.42. The molecular weight excluding hydrogens is 424 g/mol.